The number of aromatic nitrogens is 6. The Kier molecular flexibility index (Phi) is 21.1. The summed E-state index contributed by atoms with van der Waals surface area (Å²) in [5.41, 5.74) is 39.6. The Morgan fingerprint density at radius 2 is 0.515 bits per heavy atom. The largest absolute Gasteiger partial charge is 0.478 e. The molecule has 44 rings (SSSR count). The molecule has 618 valence electrons. The number of hydrogen-bond donors (Lipinski definition) is 1. The quantitative estimate of drug-likeness (QED) is 0.162. The second kappa shape index (κ2) is 34.7. The monoisotopic (exact) mass is 1740 g/mol. The van der Waals surface area contributed by atoms with E-state index in [0.29, 0.717) is 11.1 Å². The zero-order chi connectivity index (χ0) is 88.1. The molecule has 22 aliphatic heterocycles. The number of carboxylic acids is 1. The SMILES string of the molecule is Cc1c2ccc3ccc4ccc(c(C(=O)O)c4c13)-c1ccc(cc1)-c1ccc(nc1)-c1cccc(n1)-c1ccc(cn1)-c1ccc-2cc1.c1cc2cc(c1)-c1ccc(cc1)-c1ccnc(c1)-c1cccc(n1)-c1cc(ccn1)-c1ccc(cc1)-c1ccc-2cc1.c1cc2pc(c1)-c1ccc(cp1)-c1ccc(cc1)-c1ccc(cc1)-c1ccc(cc1)-c1ccc(cc1)-c1ccc-2pc1. The van der Waals surface area contributed by atoms with Gasteiger partial charge in [0.25, 0.3) is 0 Å². The van der Waals surface area contributed by atoms with Gasteiger partial charge in [-0.25, -0.2) is 14.8 Å². The Balaban J connectivity index is 0.000000113. The van der Waals surface area contributed by atoms with Gasteiger partial charge in [-0.15, -0.1) is 0 Å². The van der Waals surface area contributed by atoms with E-state index in [9.17, 15) is 9.90 Å². The molecule has 0 unspecified atom stereocenters. The summed E-state index contributed by atoms with van der Waals surface area (Å²) in [5, 5.41) is 19.9. The Bertz CT molecular complexity index is 8020. The third-order valence-corrected chi connectivity index (χ3v) is 29.3. The van der Waals surface area contributed by atoms with Crippen LogP contribution in [0.25, 0.3) is 244 Å². The van der Waals surface area contributed by atoms with Gasteiger partial charge in [-0.05, 0) is 276 Å². The first-order chi connectivity index (χ1) is 65.0. The molecular weight excluding hydrogens is 1660 g/mol. The number of carboxylic acid groups (broad SMARTS) is 1. The van der Waals surface area contributed by atoms with E-state index < -0.39 is 5.97 Å². The number of pyridine rings is 6. The Hall–Kier alpha value is -16.3. The summed E-state index contributed by atoms with van der Waals surface area (Å²) in [4.78, 5) is 41.8. The highest BCUT2D eigenvalue weighted by Gasteiger charge is 2.23. The highest BCUT2D eigenvalue weighted by Crippen LogP contribution is 2.47. The van der Waals surface area contributed by atoms with Crippen molar-refractivity contribution in [2.24, 2.45) is 0 Å². The van der Waals surface area contributed by atoms with Crippen LogP contribution < -0.4 is 0 Å². The van der Waals surface area contributed by atoms with E-state index in [1.165, 1.54) is 135 Å². The zero-order valence-corrected chi connectivity index (χ0v) is 74.2. The Morgan fingerprint density at radius 3 is 0.871 bits per heavy atom. The summed E-state index contributed by atoms with van der Waals surface area (Å²) in [7, 11) is 3.77. The average Bonchev–Trinajstić information content (AvgIpc) is 0.737. The van der Waals surface area contributed by atoms with Crippen LogP contribution in [-0.2, 0) is 0 Å². The summed E-state index contributed by atoms with van der Waals surface area (Å²) >= 11 is 0. The van der Waals surface area contributed by atoms with E-state index >= 15 is 0 Å². The van der Waals surface area contributed by atoms with Crippen LogP contribution >= 0.6 is 24.6 Å². The third-order valence-electron chi connectivity index (χ3n) is 25.5. The van der Waals surface area contributed by atoms with Gasteiger partial charge in [-0.3, -0.25) is 19.9 Å². The van der Waals surface area contributed by atoms with Gasteiger partial charge >= 0.3 is 5.97 Å². The minimum Gasteiger partial charge on any atom is -0.478 e. The number of hydrogen-bond acceptors (Lipinski definition) is 7. The predicted octanol–water partition coefficient (Wildman–Crippen LogP) is 33.8. The van der Waals surface area contributed by atoms with Crippen molar-refractivity contribution in [3.8, 4) is 223 Å². The molecule has 0 fully saturated rings. The number of rotatable bonds is 1. The molecule has 42 bridgehead atoms. The summed E-state index contributed by atoms with van der Waals surface area (Å²) in [5.74, 6) is 3.74. The molecule has 22 aromatic rings. The fourth-order valence-electron chi connectivity index (χ4n) is 18.3. The van der Waals surface area contributed by atoms with Crippen molar-refractivity contribution in [2.45, 2.75) is 6.92 Å². The molecule has 0 atom stereocenters. The van der Waals surface area contributed by atoms with E-state index in [-0.39, 0.29) is 0 Å². The summed E-state index contributed by atoms with van der Waals surface area (Å²) in [6.45, 7) is 2.09. The molecule has 0 saturated carbocycles. The van der Waals surface area contributed by atoms with Crippen LogP contribution in [0.2, 0.25) is 0 Å². The van der Waals surface area contributed by atoms with Crippen molar-refractivity contribution in [1.82, 2.24) is 29.9 Å². The first-order valence-electron chi connectivity index (χ1n) is 44.0. The molecule has 9 aromatic heterocycles. The molecule has 1 N–H and O–H groups in total. The molecule has 22 aliphatic rings. The third kappa shape index (κ3) is 16.0. The first-order valence-corrected chi connectivity index (χ1v) is 46.9. The summed E-state index contributed by atoms with van der Waals surface area (Å²) in [6.07, 6.45) is 7.45. The van der Waals surface area contributed by atoms with Gasteiger partial charge in [0, 0.05) is 62.5 Å². The van der Waals surface area contributed by atoms with Crippen molar-refractivity contribution in [3.05, 3.63) is 454 Å². The highest BCUT2D eigenvalue weighted by molar-refractivity contribution is 7.44. The van der Waals surface area contributed by atoms with E-state index in [2.05, 4.69) is 326 Å². The van der Waals surface area contributed by atoms with Gasteiger partial charge in [0.15, 0.2) is 0 Å². The van der Waals surface area contributed by atoms with Gasteiger partial charge in [0.2, 0.25) is 0 Å². The molecule has 132 heavy (non-hydrogen) atoms. The van der Waals surface area contributed by atoms with Gasteiger partial charge in [-0.1, -0.05) is 340 Å². The lowest BCUT2D eigenvalue weighted by atomic mass is 9.87. The first kappa shape index (κ1) is 80.3. The number of benzene rings is 13. The number of nitrogens with zero attached hydrogens (tertiary/aromatic N) is 6. The molecule has 11 heteroatoms. The maximum Gasteiger partial charge on any atom is 0.336 e. The highest BCUT2D eigenvalue weighted by atomic mass is 31.0. The van der Waals surface area contributed by atoms with Gasteiger partial charge in [-0.2, -0.15) is 0 Å². The maximum atomic E-state index is 13.1. The van der Waals surface area contributed by atoms with Crippen LogP contribution in [0.3, 0.4) is 0 Å². The maximum absolute atomic E-state index is 13.1. The number of aromatic carboxylic acids is 1. The molecule has 0 saturated heterocycles. The van der Waals surface area contributed by atoms with E-state index in [1.54, 1.807) is 0 Å². The lowest BCUT2D eigenvalue weighted by Crippen LogP contribution is -2.02. The fraction of sp³-hybridized carbons (Fsp3) is 0.00826. The van der Waals surface area contributed by atoms with Gasteiger partial charge < -0.3 is 5.11 Å². The predicted molar refractivity (Wildman–Crippen MR) is 550 cm³/mol. The minimum atomic E-state index is -0.948. The van der Waals surface area contributed by atoms with Gasteiger partial charge in [0.05, 0.1) is 51.1 Å². The van der Waals surface area contributed by atoms with Crippen LogP contribution in [0.4, 0.5) is 0 Å². The molecule has 0 radical (unpaired) electrons. The Morgan fingerprint density at radius 1 is 0.227 bits per heavy atom. The fourth-order valence-corrected chi connectivity index (χ4v) is 21.6. The topological polar surface area (TPSA) is 115 Å². The summed E-state index contributed by atoms with van der Waals surface area (Å²) < 4.78 is 0. The number of aryl methyl sites for hydroxylation is 1. The standard InChI is InChI=1S/C43H27N3O2.C39H25N3.C39H25P3/c1-25-34-19-15-30-13-14-31-16-20-35(42(43(47)48)41(31)40(25)30)29-11-7-27(8-12-29)33-18-22-37(45-24-33)39-4-2-3-38(46-39)36-21-17-32(23-44-36)26-5-9-28(34)10-6-26;1-3-32-23-33(4-1)29-15-17-31(18-16-29)35-20-22-41-39(25-35)37-6-2-5-36(42-37)38-24-34(19-21-40-38)30-13-9-27(10-14-30)26-7-11-28(32)12-8-26;1-2-38-36-22-20-34(24-40-36)32-16-12-30(13-17-32)28-8-4-26(5-9-28)27-6-10-29(11-7-27)31-14-18-33(19-15-31)35-21-23-37(41-25-35)39(3-1)42-38/h2-24H,1H3,(H,47,48);2*1-25H. The minimum absolute atomic E-state index is 0.309. The lowest BCUT2D eigenvalue weighted by molar-refractivity contribution is 0.0699. The molecule has 0 spiro atoms. The smallest absolute Gasteiger partial charge is 0.336 e. The second-order valence-electron chi connectivity index (χ2n) is 33.4. The second-order valence-corrected chi connectivity index (χ2v) is 36.6. The zero-order valence-electron chi connectivity index (χ0n) is 71.5. The van der Waals surface area contributed by atoms with Crippen molar-refractivity contribution >= 4 is 52.1 Å². The van der Waals surface area contributed by atoms with Crippen molar-refractivity contribution in [3.63, 3.8) is 0 Å². The molecular formula is C121H77N6O2P3. The van der Waals surface area contributed by atoms with E-state index in [1.807, 2.05) is 134 Å². The molecule has 8 nitrogen and oxygen atoms in total. The lowest BCUT2D eigenvalue weighted by Gasteiger charge is -2.17. The van der Waals surface area contributed by atoms with Crippen molar-refractivity contribution < 1.29 is 9.90 Å². The Labute approximate surface area is 769 Å². The van der Waals surface area contributed by atoms with Crippen LogP contribution in [0.5, 0.6) is 0 Å². The van der Waals surface area contributed by atoms with Crippen LogP contribution in [0, 0.1) is 6.92 Å². The van der Waals surface area contributed by atoms with Crippen LogP contribution in [0.15, 0.2) is 443 Å². The van der Waals surface area contributed by atoms with Crippen molar-refractivity contribution in [2.75, 3.05) is 0 Å². The molecule has 0 aliphatic carbocycles. The average molecular weight is 1740 g/mol. The number of fused-ring (bicyclic) bond motifs is 1. The van der Waals surface area contributed by atoms with E-state index in [4.69, 9.17) is 19.9 Å². The van der Waals surface area contributed by atoms with Crippen LogP contribution in [0.1, 0.15) is 15.9 Å². The van der Waals surface area contributed by atoms with E-state index in [0.717, 1.165) is 134 Å². The van der Waals surface area contributed by atoms with Crippen LogP contribution in [-0.4, -0.2) is 41.0 Å². The van der Waals surface area contributed by atoms with Gasteiger partial charge in [0.1, 0.15) is 0 Å². The molecule has 31 heterocycles. The molecule has 0 amide bonds. The number of carbonyl (C=O) groups is 1. The van der Waals surface area contributed by atoms with Crippen molar-refractivity contribution in [1.29, 1.82) is 0 Å². The summed E-state index contributed by atoms with van der Waals surface area (Å²) in [6, 6.07) is 144. The normalized spacial score (nSPS) is 11.6. The molecule has 13 aromatic carbocycles.